The fourth-order valence-electron chi connectivity index (χ4n) is 1.80. The topological polar surface area (TPSA) is 78.9 Å². The van der Waals surface area contributed by atoms with Crippen molar-refractivity contribution in [1.82, 2.24) is 10.2 Å². The lowest BCUT2D eigenvalue weighted by Crippen LogP contribution is -2.53. The van der Waals surface area contributed by atoms with Crippen LogP contribution in [0.2, 0.25) is 0 Å². The van der Waals surface area contributed by atoms with Crippen LogP contribution in [0.3, 0.4) is 0 Å². The molecule has 0 bridgehead atoms. The summed E-state index contributed by atoms with van der Waals surface area (Å²) < 4.78 is 18.1. The maximum Gasteiger partial charge on any atom is 0.408 e. The third kappa shape index (κ3) is 3.75. The third-order valence-corrected chi connectivity index (χ3v) is 2.65. The zero-order valence-corrected chi connectivity index (χ0v) is 10.8. The highest BCUT2D eigenvalue weighted by atomic mass is 19.1. The number of halogens is 1. The molecule has 104 valence electrons. The van der Waals surface area contributed by atoms with Crippen LogP contribution in [0, 0.1) is 0 Å². The zero-order valence-electron chi connectivity index (χ0n) is 10.8. The summed E-state index contributed by atoms with van der Waals surface area (Å²) in [5, 5.41) is 11.3. The first kappa shape index (κ1) is 14.5. The molecule has 18 heavy (non-hydrogen) atoms. The highest BCUT2D eigenvalue weighted by Crippen LogP contribution is 2.23. The Balaban J connectivity index is 2.63. The van der Waals surface area contributed by atoms with Crippen molar-refractivity contribution in [2.75, 3.05) is 19.8 Å². The lowest BCUT2D eigenvalue weighted by atomic mass is 10.0. The van der Waals surface area contributed by atoms with E-state index in [-0.39, 0.29) is 19.5 Å². The summed E-state index contributed by atoms with van der Waals surface area (Å²) >= 11 is 0. The predicted octanol–water partition coefficient (Wildman–Crippen LogP) is 1.60. The van der Waals surface area contributed by atoms with E-state index in [1.54, 1.807) is 20.8 Å². The summed E-state index contributed by atoms with van der Waals surface area (Å²) in [4.78, 5) is 23.4. The molecular formula is C11H19FN2O4. The number of nitrogens with one attached hydrogen (secondary N) is 1. The number of hydrogen-bond acceptors (Lipinski definition) is 3. The first-order valence-electron chi connectivity index (χ1n) is 5.72. The highest BCUT2D eigenvalue weighted by Gasteiger charge is 2.42. The molecule has 1 saturated heterocycles. The van der Waals surface area contributed by atoms with Gasteiger partial charge >= 0.3 is 12.2 Å². The Morgan fingerprint density at radius 3 is 2.50 bits per heavy atom. The molecule has 2 amide bonds. The van der Waals surface area contributed by atoms with Crippen molar-refractivity contribution in [3.8, 4) is 0 Å². The van der Waals surface area contributed by atoms with Crippen LogP contribution < -0.4 is 5.32 Å². The minimum Gasteiger partial charge on any atom is -0.465 e. The lowest BCUT2D eigenvalue weighted by Gasteiger charge is -2.29. The van der Waals surface area contributed by atoms with Gasteiger partial charge in [0, 0.05) is 13.1 Å². The van der Waals surface area contributed by atoms with Crippen molar-refractivity contribution >= 4 is 12.2 Å². The number of hydrogen-bond donors (Lipinski definition) is 2. The molecule has 1 heterocycles. The van der Waals surface area contributed by atoms with Gasteiger partial charge in [0.05, 0.1) is 5.54 Å². The number of ether oxygens (including phenoxy) is 1. The Bertz CT molecular complexity index is 342. The standard InChI is InChI=1S/C11H19FN2O4/c1-10(2,3)18-8(15)13-11(6-12)4-5-14(7-11)9(16)17/h4-7H2,1-3H3,(H,13,15)(H,16,17). The molecule has 1 rings (SSSR count). The van der Waals surface area contributed by atoms with Crippen molar-refractivity contribution in [1.29, 1.82) is 0 Å². The average Bonchev–Trinajstić information content (AvgIpc) is 2.60. The number of carbonyl (C=O) groups is 2. The van der Waals surface area contributed by atoms with Gasteiger partial charge in [-0.1, -0.05) is 0 Å². The minimum absolute atomic E-state index is 0.0575. The van der Waals surface area contributed by atoms with E-state index in [2.05, 4.69) is 5.32 Å². The Kier molecular flexibility index (Phi) is 4.03. The third-order valence-electron chi connectivity index (χ3n) is 2.65. The van der Waals surface area contributed by atoms with Crippen molar-refractivity contribution in [2.24, 2.45) is 0 Å². The van der Waals surface area contributed by atoms with Gasteiger partial charge in [0.15, 0.2) is 0 Å². The van der Waals surface area contributed by atoms with E-state index in [4.69, 9.17) is 9.84 Å². The molecule has 0 aromatic heterocycles. The van der Waals surface area contributed by atoms with Gasteiger partial charge in [0.25, 0.3) is 0 Å². The number of alkyl halides is 1. The van der Waals surface area contributed by atoms with Crippen molar-refractivity contribution in [3.63, 3.8) is 0 Å². The molecule has 1 unspecified atom stereocenters. The van der Waals surface area contributed by atoms with Crippen LogP contribution in [-0.4, -0.2) is 53.1 Å². The smallest absolute Gasteiger partial charge is 0.408 e. The van der Waals surface area contributed by atoms with Crippen LogP contribution in [-0.2, 0) is 4.74 Å². The van der Waals surface area contributed by atoms with Gasteiger partial charge in [-0.3, -0.25) is 0 Å². The van der Waals surface area contributed by atoms with Crippen LogP contribution in [0.5, 0.6) is 0 Å². The monoisotopic (exact) mass is 262 g/mol. The Labute approximate surface area is 105 Å². The number of carbonyl (C=O) groups excluding carboxylic acids is 1. The Hall–Kier alpha value is -1.53. The van der Waals surface area contributed by atoms with Gasteiger partial charge in [0.2, 0.25) is 0 Å². The van der Waals surface area contributed by atoms with E-state index in [0.29, 0.717) is 0 Å². The molecule has 1 fully saturated rings. The molecule has 0 aliphatic carbocycles. The number of likely N-dealkylation sites (tertiary alicyclic amines) is 1. The number of rotatable bonds is 2. The van der Waals surface area contributed by atoms with Gasteiger partial charge in [-0.25, -0.2) is 14.0 Å². The fraction of sp³-hybridized carbons (Fsp3) is 0.818. The van der Waals surface area contributed by atoms with E-state index in [1.165, 1.54) is 0 Å². The summed E-state index contributed by atoms with van der Waals surface area (Å²) in [5.74, 6) is 0. The van der Waals surface area contributed by atoms with Crippen LogP contribution in [0.15, 0.2) is 0 Å². The molecule has 0 aromatic rings. The molecule has 7 heteroatoms. The summed E-state index contributed by atoms with van der Waals surface area (Å²) in [6, 6.07) is 0. The number of alkyl carbamates (subject to hydrolysis) is 1. The lowest BCUT2D eigenvalue weighted by molar-refractivity contribution is 0.0437. The summed E-state index contributed by atoms with van der Waals surface area (Å²) in [7, 11) is 0. The first-order chi connectivity index (χ1) is 8.17. The SMILES string of the molecule is CC(C)(C)OC(=O)NC1(CF)CCN(C(=O)O)C1. The number of amides is 2. The van der Waals surface area contributed by atoms with E-state index >= 15 is 0 Å². The molecule has 1 aliphatic rings. The van der Waals surface area contributed by atoms with Crippen molar-refractivity contribution in [2.45, 2.75) is 38.3 Å². The van der Waals surface area contributed by atoms with Gasteiger partial charge < -0.3 is 20.1 Å². The minimum atomic E-state index is -1.17. The quantitative estimate of drug-likeness (QED) is 0.792. The summed E-state index contributed by atoms with van der Waals surface area (Å²) in [5.41, 5.74) is -1.84. The predicted molar refractivity (Wildman–Crippen MR) is 62.3 cm³/mol. The van der Waals surface area contributed by atoms with E-state index in [0.717, 1.165) is 4.90 Å². The van der Waals surface area contributed by atoms with Crippen molar-refractivity contribution in [3.05, 3.63) is 0 Å². The van der Waals surface area contributed by atoms with Gasteiger partial charge in [-0.15, -0.1) is 0 Å². The molecule has 0 aromatic carbocycles. The maximum atomic E-state index is 13.1. The maximum absolute atomic E-state index is 13.1. The normalized spacial score (nSPS) is 23.9. The molecule has 1 atom stereocenters. The number of carboxylic acid groups (broad SMARTS) is 1. The second-order valence-corrected chi connectivity index (χ2v) is 5.49. The van der Waals surface area contributed by atoms with Crippen LogP contribution in [0.25, 0.3) is 0 Å². The Morgan fingerprint density at radius 1 is 1.50 bits per heavy atom. The summed E-state index contributed by atoms with van der Waals surface area (Å²) in [6.45, 7) is 4.43. The fourth-order valence-corrected chi connectivity index (χ4v) is 1.80. The summed E-state index contributed by atoms with van der Waals surface area (Å²) in [6.07, 6.45) is -1.60. The number of nitrogens with zero attached hydrogens (tertiary/aromatic N) is 1. The van der Waals surface area contributed by atoms with Gasteiger partial charge in [-0.05, 0) is 27.2 Å². The second kappa shape index (κ2) is 4.99. The van der Waals surface area contributed by atoms with Gasteiger partial charge in [-0.2, -0.15) is 0 Å². The molecule has 0 spiro atoms. The van der Waals surface area contributed by atoms with Crippen molar-refractivity contribution < 1.29 is 23.8 Å². The second-order valence-electron chi connectivity index (χ2n) is 5.49. The zero-order chi connectivity index (χ0) is 14.0. The van der Waals surface area contributed by atoms with E-state index in [9.17, 15) is 14.0 Å². The van der Waals surface area contributed by atoms with E-state index < -0.39 is 30.0 Å². The van der Waals surface area contributed by atoms with Crippen LogP contribution in [0.4, 0.5) is 14.0 Å². The largest absolute Gasteiger partial charge is 0.465 e. The van der Waals surface area contributed by atoms with E-state index in [1.807, 2.05) is 0 Å². The molecule has 0 radical (unpaired) electrons. The molecule has 1 aliphatic heterocycles. The average molecular weight is 262 g/mol. The highest BCUT2D eigenvalue weighted by molar-refractivity contribution is 5.70. The molecule has 0 saturated carbocycles. The first-order valence-corrected chi connectivity index (χ1v) is 5.72. The van der Waals surface area contributed by atoms with Gasteiger partial charge in [0.1, 0.15) is 12.3 Å². The molecule has 2 N–H and O–H groups in total. The van der Waals surface area contributed by atoms with Crippen LogP contribution in [0.1, 0.15) is 27.2 Å². The molecule has 6 nitrogen and oxygen atoms in total. The molecular weight excluding hydrogens is 243 g/mol. The Morgan fingerprint density at radius 2 is 2.11 bits per heavy atom. The van der Waals surface area contributed by atoms with Crippen LogP contribution >= 0.6 is 0 Å².